The van der Waals surface area contributed by atoms with Gasteiger partial charge in [-0.3, -0.25) is 9.59 Å². The maximum atomic E-state index is 13.8. The molecule has 0 bridgehead atoms. The van der Waals surface area contributed by atoms with Crippen molar-refractivity contribution < 1.29 is 32.3 Å². The third kappa shape index (κ3) is 7.99. The number of aliphatic hydroxyl groups excluding tert-OH is 1. The van der Waals surface area contributed by atoms with Gasteiger partial charge >= 0.3 is 6.18 Å². The molecule has 6 nitrogen and oxygen atoms in total. The summed E-state index contributed by atoms with van der Waals surface area (Å²) in [5.74, 6) is -1.11. The molecule has 2 aliphatic carbocycles. The highest BCUT2D eigenvalue weighted by Crippen LogP contribution is 2.64. The minimum atomic E-state index is -4.85. The summed E-state index contributed by atoms with van der Waals surface area (Å²) in [5, 5.41) is 15.3. The molecule has 1 aliphatic heterocycles. The number of amides is 2. The highest BCUT2D eigenvalue weighted by atomic mass is 19.4. The average molecular weight is 618 g/mol. The molecular weight excluding hydrogens is 574 g/mol. The van der Waals surface area contributed by atoms with Gasteiger partial charge in [0.25, 0.3) is 0 Å². The molecule has 0 spiro atoms. The first-order valence-electron chi connectivity index (χ1n) is 15.9. The van der Waals surface area contributed by atoms with Gasteiger partial charge in [-0.15, -0.1) is 0 Å². The van der Waals surface area contributed by atoms with Crippen LogP contribution in [-0.4, -0.2) is 47.6 Å². The van der Waals surface area contributed by atoms with Crippen LogP contribution in [0.4, 0.5) is 28.9 Å². The van der Waals surface area contributed by atoms with E-state index < -0.39 is 17.6 Å². The lowest BCUT2D eigenvalue weighted by atomic mass is 9.75. The lowest BCUT2D eigenvalue weighted by molar-refractivity contribution is -0.140. The second-order valence-corrected chi connectivity index (χ2v) is 13.2. The minimum absolute atomic E-state index is 0.0540. The summed E-state index contributed by atoms with van der Waals surface area (Å²) in [4.78, 5) is 27.1. The normalized spacial score (nSPS) is 25.7. The second-order valence-electron chi connectivity index (χ2n) is 13.2. The van der Waals surface area contributed by atoms with Crippen LogP contribution in [0, 0.1) is 23.6 Å². The molecule has 1 heterocycles. The number of likely N-dealkylation sites (tertiary alicyclic amines) is 1. The number of carbonyl (C=O) groups is 2. The number of hydrogen-bond acceptors (Lipinski definition) is 4. The van der Waals surface area contributed by atoms with Crippen LogP contribution < -0.4 is 10.6 Å². The van der Waals surface area contributed by atoms with Crippen LogP contribution in [0.5, 0.6) is 0 Å². The number of anilines is 2. The van der Waals surface area contributed by atoms with Crippen molar-refractivity contribution in [2.75, 3.05) is 30.3 Å². The van der Waals surface area contributed by atoms with Crippen LogP contribution in [-0.2, 0) is 21.2 Å². The van der Waals surface area contributed by atoms with E-state index in [0.29, 0.717) is 37.3 Å². The van der Waals surface area contributed by atoms with E-state index in [1.807, 2.05) is 12.1 Å². The maximum Gasteiger partial charge on any atom is 0.419 e. The first-order valence-corrected chi connectivity index (χ1v) is 15.9. The van der Waals surface area contributed by atoms with E-state index >= 15 is 0 Å². The summed E-state index contributed by atoms with van der Waals surface area (Å²) in [5.41, 5.74) is 0.797. The van der Waals surface area contributed by atoms with Gasteiger partial charge in [0, 0.05) is 37.3 Å². The Morgan fingerprint density at radius 3 is 2.57 bits per heavy atom. The molecule has 0 radical (unpaired) electrons. The van der Waals surface area contributed by atoms with Crippen molar-refractivity contribution >= 4 is 23.2 Å². The van der Waals surface area contributed by atoms with Gasteiger partial charge in [-0.1, -0.05) is 18.6 Å². The third-order valence-corrected chi connectivity index (χ3v) is 9.96. The molecule has 5 atom stereocenters. The van der Waals surface area contributed by atoms with Crippen LogP contribution in [0.15, 0.2) is 42.5 Å². The molecule has 2 aromatic rings. The van der Waals surface area contributed by atoms with E-state index in [1.165, 1.54) is 18.6 Å². The van der Waals surface area contributed by atoms with Crippen LogP contribution in [0.3, 0.4) is 0 Å². The SMILES string of the molecule is CC(=O)Nc1cccc([C@]23CC[C@@H](CCC(CCCCN4CC[C@@H](O)C4)C(=O)Nc4ccc(F)c(C(F)(F)F)c4)CC2C3)c1. The summed E-state index contributed by atoms with van der Waals surface area (Å²) >= 11 is 0. The average Bonchev–Trinajstić information content (AvgIpc) is 3.56. The number of rotatable bonds is 12. The highest BCUT2D eigenvalue weighted by Gasteiger charge is 2.57. The van der Waals surface area contributed by atoms with E-state index in [0.717, 1.165) is 76.2 Å². The fourth-order valence-electron chi connectivity index (χ4n) is 7.50. The van der Waals surface area contributed by atoms with Gasteiger partial charge in [0.05, 0.1) is 11.7 Å². The van der Waals surface area contributed by atoms with E-state index in [9.17, 15) is 32.3 Å². The molecule has 3 N–H and O–H groups in total. The molecule has 2 amide bonds. The fraction of sp³-hybridized carbons (Fsp3) is 0.588. The second kappa shape index (κ2) is 13.6. The number of β-amino-alcohol motifs (C(OH)–C–C–N with tert-alkyl or cyclic N) is 1. The van der Waals surface area contributed by atoms with E-state index in [2.05, 4.69) is 27.7 Å². The number of unbranched alkanes of at least 4 members (excludes halogenated alkanes) is 1. The smallest absolute Gasteiger partial charge is 0.392 e. The Kier molecular flexibility index (Phi) is 9.99. The van der Waals surface area contributed by atoms with Crippen LogP contribution >= 0.6 is 0 Å². The highest BCUT2D eigenvalue weighted by molar-refractivity contribution is 5.92. The first-order chi connectivity index (χ1) is 20.9. The van der Waals surface area contributed by atoms with Gasteiger partial charge in [0.1, 0.15) is 5.82 Å². The number of fused-ring (bicyclic) bond motifs is 1. The summed E-state index contributed by atoms with van der Waals surface area (Å²) in [6.07, 6.45) is 3.72. The van der Waals surface area contributed by atoms with Crippen molar-refractivity contribution in [3.05, 3.63) is 59.4 Å². The number of halogens is 4. The van der Waals surface area contributed by atoms with Crippen molar-refractivity contribution in [3.8, 4) is 0 Å². The largest absolute Gasteiger partial charge is 0.419 e. The number of alkyl halides is 3. The Bertz CT molecular complexity index is 1340. The fourth-order valence-corrected chi connectivity index (χ4v) is 7.50. The summed E-state index contributed by atoms with van der Waals surface area (Å²) < 4.78 is 53.6. The van der Waals surface area contributed by atoms with Crippen molar-refractivity contribution in [2.24, 2.45) is 17.8 Å². The van der Waals surface area contributed by atoms with Crippen molar-refractivity contribution in [3.63, 3.8) is 0 Å². The lowest BCUT2D eigenvalue weighted by Crippen LogP contribution is -2.26. The van der Waals surface area contributed by atoms with Crippen molar-refractivity contribution in [2.45, 2.75) is 88.8 Å². The molecule has 240 valence electrons. The zero-order valence-corrected chi connectivity index (χ0v) is 25.3. The van der Waals surface area contributed by atoms with E-state index in [1.54, 1.807) is 0 Å². The summed E-state index contributed by atoms with van der Waals surface area (Å²) in [6.45, 7) is 3.87. The van der Waals surface area contributed by atoms with Crippen LogP contribution in [0.2, 0.25) is 0 Å². The van der Waals surface area contributed by atoms with Crippen molar-refractivity contribution in [1.82, 2.24) is 4.90 Å². The molecule has 5 rings (SSSR count). The lowest BCUT2D eigenvalue weighted by Gasteiger charge is -2.30. The minimum Gasteiger partial charge on any atom is -0.392 e. The molecule has 2 saturated carbocycles. The Morgan fingerprint density at radius 1 is 1.07 bits per heavy atom. The quantitative estimate of drug-likeness (QED) is 0.175. The topological polar surface area (TPSA) is 81.7 Å². The molecule has 2 aromatic carbocycles. The van der Waals surface area contributed by atoms with Gasteiger partial charge in [-0.05, 0) is 117 Å². The molecule has 10 heteroatoms. The Labute approximate surface area is 256 Å². The predicted molar refractivity (Wildman–Crippen MR) is 162 cm³/mol. The van der Waals surface area contributed by atoms with Gasteiger partial charge < -0.3 is 20.6 Å². The van der Waals surface area contributed by atoms with E-state index in [4.69, 9.17) is 0 Å². The maximum absolute atomic E-state index is 13.8. The van der Waals surface area contributed by atoms with Gasteiger partial charge in [-0.25, -0.2) is 4.39 Å². The third-order valence-electron chi connectivity index (χ3n) is 9.96. The predicted octanol–water partition coefficient (Wildman–Crippen LogP) is 7.13. The van der Waals surface area contributed by atoms with E-state index in [-0.39, 0.29) is 34.9 Å². The molecule has 44 heavy (non-hydrogen) atoms. The van der Waals surface area contributed by atoms with Crippen LogP contribution in [0.25, 0.3) is 0 Å². The zero-order chi connectivity index (χ0) is 31.5. The van der Waals surface area contributed by atoms with Gasteiger partial charge in [-0.2, -0.15) is 13.2 Å². The molecule has 0 aromatic heterocycles. The molecular formula is C34H43F4N3O3. The molecule has 3 fully saturated rings. The number of benzene rings is 2. The number of carbonyl (C=O) groups excluding carboxylic acids is 2. The number of aliphatic hydroxyl groups is 1. The Morgan fingerprint density at radius 2 is 1.86 bits per heavy atom. The zero-order valence-electron chi connectivity index (χ0n) is 25.3. The van der Waals surface area contributed by atoms with Crippen molar-refractivity contribution in [1.29, 1.82) is 0 Å². The molecule has 2 unspecified atom stereocenters. The monoisotopic (exact) mass is 617 g/mol. The Hall–Kier alpha value is -2.98. The molecule has 1 saturated heterocycles. The number of hydrogen-bond donors (Lipinski definition) is 3. The standard InChI is InChI=1S/C34H43F4N3O3/c1-22(42)39-27-7-4-6-25(18-27)33-14-12-23(17-26(33)20-33)8-9-24(5-2-3-15-41-16-13-29(43)21-41)32(44)40-28-10-11-31(35)30(19-28)34(36,37)38/h4,6-7,10-11,18-19,23-24,26,29,43H,2-3,5,8-9,12-17,20-21H2,1H3,(H,39,42)(H,40,44)/t23-,24?,26?,29-,33-/m1/s1. The number of nitrogens with one attached hydrogen (secondary N) is 2. The van der Waals surface area contributed by atoms with Crippen LogP contribution in [0.1, 0.15) is 82.3 Å². The molecule has 3 aliphatic rings. The number of nitrogens with zero attached hydrogens (tertiary/aromatic N) is 1. The van der Waals surface area contributed by atoms with Gasteiger partial charge in [0.15, 0.2) is 0 Å². The van der Waals surface area contributed by atoms with Gasteiger partial charge in [0.2, 0.25) is 11.8 Å². The summed E-state index contributed by atoms with van der Waals surface area (Å²) in [6, 6.07) is 10.7. The summed E-state index contributed by atoms with van der Waals surface area (Å²) in [7, 11) is 0. The Balaban J connectivity index is 1.18. The first kappa shape index (κ1) is 32.4.